The molecule has 0 unspecified atom stereocenters. The first-order chi connectivity index (χ1) is 21.5. The average molecular weight is 661 g/mol. The number of nitrogens with zero attached hydrogens (tertiary/aromatic N) is 5. The molecule has 0 bridgehead atoms. The number of alkyl halides is 3. The smallest absolute Gasteiger partial charge is 0.319 e. The number of halogens is 5. The Hall–Kier alpha value is -3.44. The van der Waals surface area contributed by atoms with Crippen LogP contribution in [0, 0.1) is 24.1 Å². The number of nitriles is 1. The lowest BCUT2D eigenvalue weighted by molar-refractivity contribution is -0.0564. The number of aryl methyl sites for hydroxylation is 1. The van der Waals surface area contributed by atoms with Gasteiger partial charge in [-0.2, -0.15) is 15.2 Å². The highest BCUT2D eigenvalue weighted by Crippen LogP contribution is 2.46. The van der Waals surface area contributed by atoms with Crippen molar-refractivity contribution in [1.82, 2.24) is 14.9 Å². The van der Waals surface area contributed by atoms with E-state index in [1.807, 2.05) is 0 Å². The standard InChI is InChI=1S/C31H29ClF4N6O2S/c1-16-23(18-3-4-22(34)26-24(18)20(11-37)27(38)45-26)21(32)9-19-25(16)39-29(40-28(19)41-7-8-43-15-31(35,36)13-41)44-14-30-5-2-6-42(30)12-17(33)10-30/h3-4,9,17H,2,5-8,10,12-15,38H2,1H3/t17-,30+/m1/s1. The molecule has 3 fully saturated rings. The van der Waals surface area contributed by atoms with Crippen LogP contribution in [0.4, 0.5) is 28.4 Å². The Bertz CT molecular complexity index is 1880. The van der Waals surface area contributed by atoms with Crippen molar-refractivity contribution in [3.63, 3.8) is 0 Å². The SMILES string of the molecule is Cc1c(-c2ccc(F)c3sc(N)c(C#N)c23)c(Cl)cc2c(N3CCOCC(F)(F)C3)nc(OC[C@@]34CCCN3C[C@H](F)C4)nc12. The molecule has 0 aliphatic carbocycles. The van der Waals surface area contributed by atoms with Crippen molar-refractivity contribution in [2.24, 2.45) is 0 Å². The van der Waals surface area contributed by atoms with Gasteiger partial charge >= 0.3 is 6.01 Å². The van der Waals surface area contributed by atoms with Gasteiger partial charge in [0.05, 0.1) is 34.5 Å². The van der Waals surface area contributed by atoms with Crippen LogP contribution >= 0.6 is 22.9 Å². The van der Waals surface area contributed by atoms with Crippen LogP contribution in [0.25, 0.3) is 32.1 Å². The molecule has 7 rings (SSSR count). The fourth-order valence-electron chi connectivity index (χ4n) is 7.13. The number of aromatic nitrogens is 2. The second kappa shape index (κ2) is 11.1. The van der Waals surface area contributed by atoms with E-state index in [1.165, 1.54) is 17.0 Å². The summed E-state index contributed by atoms with van der Waals surface area (Å²) in [4.78, 5) is 12.9. The van der Waals surface area contributed by atoms with Gasteiger partial charge in [0.1, 0.15) is 42.1 Å². The molecule has 0 saturated carbocycles. The molecule has 236 valence electrons. The number of ether oxygens (including phenoxy) is 2. The van der Waals surface area contributed by atoms with E-state index in [9.17, 15) is 22.8 Å². The van der Waals surface area contributed by atoms with Crippen LogP contribution < -0.4 is 15.4 Å². The van der Waals surface area contributed by atoms with E-state index < -0.39 is 36.6 Å². The van der Waals surface area contributed by atoms with E-state index in [2.05, 4.69) is 16.0 Å². The maximum Gasteiger partial charge on any atom is 0.319 e. The van der Waals surface area contributed by atoms with Crippen LogP contribution in [0.15, 0.2) is 18.2 Å². The fourth-order valence-corrected chi connectivity index (χ4v) is 8.43. The summed E-state index contributed by atoms with van der Waals surface area (Å²) in [6.07, 6.45) is 1.08. The van der Waals surface area contributed by atoms with E-state index in [1.54, 1.807) is 13.0 Å². The monoisotopic (exact) mass is 660 g/mol. The molecular weight excluding hydrogens is 632 g/mol. The van der Waals surface area contributed by atoms with Crippen LogP contribution in [0.3, 0.4) is 0 Å². The van der Waals surface area contributed by atoms with Gasteiger partial charge in [-0.05, 0) is 49.6 Å². The average Bonchev–Trinajstić information content (AvgIpc) is 3.59. The third-order valence-corrected chi connectivity index (χ3v) is 10.4. The Morgan fingerprint density at radius 2 is 2.11 bits per heavy atom. The first-order valence-electron chi connectivity index (χ1n) is 14.6. The normalized spacial score (nSPS) is 23.4. The quantitative estimate of drug-likeness (QED) is 0.243. The van der Waals surface area contributed by atoms with Gasteiger partial charge in [0.25, 0.3) is 5.92 Å². The third-order valence-electron chi connectivity index (χ3n) is 9.12. The zero-order chi connectivity index (χ0) is 31.7. The molecule has 3 aliphatic rings. The highest BCUT2D eigenvalue weighted by atomic mass is 35.5. The summed E-state index contributed by atoms with van der Waals surface area (Å²) >= 11 is 7.90. The summed E-state index contributed by atoms with van der Waals surface area (Å²) in [5.41, 5.74) is 7.66. The van der Waals surface area contributed by atoms with Crippen molar-refractivity contribution in [3.8, 4) is 23.2 Å². The Morgan fingerprint density at radius 1 is 1.29 bits per heavy atom. The second-order valence-corrected chi connectivity index (χ2v) is 13.5. The number of benzene rings is 2. The molecule has 4 aromatic rings. The van der Waals surface area contributed by atoms with E-state index in [0.717, 1.165) is 30.7 Å². The van der Waals surface area contributed by atoms with Gasteiger partial charge in [-0.1, -0.05) is 17.7 Å². The van der Waals surface area contributed by atoms with Gasteiger partial charge in [-0.25, -0.2) is 17.6 Å². The van der Waals surface area contributed by atoms with Gasteiger partial charge in [0.2, 0.25) is 0 Å². The molecule has 8 nitrogen and oxygen atoms in total. The second-order valence-electron chi connectivity index (χ2n) is 12.0. The molecule has 0 radical (unpaired) electrons. The zero-order valence-electron chi connectivity index (χ0n) is 24.3. The highest BCUT2D eigenvalue weighted by Gasteiger charge is 2.49. The molecule has 0 amide bonds. The van der Waals surface area contributed by atoms with E-state index in [0.29, 0.717) is 45.9 Å². The Labute approximate surface area is 265 Å². The molecule has 14 heteroatoms. The topological polar surface area (TPSA) is 101 Å². The number of rotatable bonds is 5. The number of nitrogen functional groups attached to an aromatic ring is 1. The van der Waals surface area contributed by atoms with Gasteiger partial charge in [-0.15, -0.1) is 11.3 Å². The number of nitrogens with two attached hydrogens (primary N) is 1. The fraction of sp³-hybridized carbons (Fsp3) is 0.452. The summed E-state index contributed by atoms with van der Waals surface area (Å²) in [6.45, 7) is 1.88. The van der Waals surface area contributed by atoms with E-state index in [-0.39, 0.29) is 51.9 Å². The van der Waals surface area contributed by atoms with Gasteiger partial charge in [0, 0.05) is 40.9 Å². The van der Waals surface area contributed by atoms with E-state index >= 15 is 0 Å². The van der Waals surface area contributed by atoms with E-state index in [4.69, 9.17) is 31.8 Å². The van der Waals surface area contributed by atoms with Crippen LogP contribution in [-0.2, 0) is 4.74 Å². The lowest BCUT2D eigenvalue weighted by Gasteiger charge is -2.31. The van der Waals surface area contributed by atoms with Gasteiger partial charge in [-0.3, -0.25) is 4.90 Å². The maximum atomic E-state index is 14.9. The molecule has 0 spiro atoms. The Kier molecular flexibility index (Phi) is 7.47. The molecular formula is C31H29ClF4N6O2S. The molecule has 3 saturated heterocycles. The molecule has 2 aromatic heterocycles. The maximum absolute atomic E-state index is 14.9. The van der Waals surface area contributed by atoms with Crippen molar-refractivity contribution in [2.75, 3.05) is 56.6 Å². The lowest BCUT2D eigenvalue weighted by atomic mass is 9.93. The predicted octanol–water partition coefficient (Wildman–Crippen LogP) is 6.49. The summed E-state index contributed by atoms with van der Waals surface area (Å²) in [7, 11) is 0. The van der Waals surface area contributed by atoms with Gasteiger partial charge < -0.3 is 20.1 Å². The molecule has 2 aromatic carbocycles. The largest absolute Gasteiger partial charge is 0.461 e. The zero-order valence-corrected chi connectivity index (χ0v) is 25.9. The van der Waals surface area contributed by atoms with Crippen molar-refractivity contribution in [1.29, 1.82) is 5.26 Å². The van der Waals surface area contributed by atoms with Crippen LogP contribution in [0.2, 0.25) is 5.02 Å². The number of anilines is 2. The first kappa shape index (κ1) is 30.2. The predicted molar refractivity (Wildman–Crippen MR) is 166 cm³/mol. The number of fused-ring (bicyclic) bond motifs is 3. The Morgan fingerprint density at radius 3 is 2.91 bits per heavy atom. The minimum absolute atomic E-state index is 0.0346. The number of hydrogen-bond donors (Lipinski definition) is 1. The molecule has 3 aliphatic heterocycles. The van der Waals surface area contributed by atoms with Crippen molar-refractivity contribution in [3.05, 3.63) is 40.2 Å². The van der Waals surface area contributed by atoms with Crippen molar-refractivity contribution in [2.45, 2.75) is 43.8 Å². The third kappa shape index (κ3) is 5.12. The molecule has 45 heavy (non-hydrogen) atoms. The van der Waals surface area contributed by atoms with Crippen LogP contribution in [-0.4, -0.2) is 78.5 Å². The Balaban J connectivity index is 1.41. The van der Waals surface area contributed by atoms with Crippen LogP contribution in [0.5, 0.6) is 6.01 Å². The minimum Gasteiger partial charge on any atom is -0.461 e. The molecule has 2 atom stereocenters. The molecule has 5 heterocycles. The van der Waals surface area contributed by atoms with Crippen molar-refractivity contribution < 1.29 is 27.0 Å². The number of hydrogen-bond acceptors (Lipinski definition) is 9. The minimum atomic E-state index is -3.14. The number of thiophene rings is 1. The molecule has 2 N–H and O–H groups in total. The summed E-state index contributed by atoms with van der Waals surface area (Å²) < 4.78 is 70.4. The van der Waals surface area contributed by atoms with Crippen LogP contribution in [0.1, 0.15) is 30.4 Å². The highest BCUT2D eigenvalue weighted by molar-refractivity contribution is 7.23. The lowest BCUT2D eigenvalue weighted by Crippen LogP contribution is -2.43. The summed E-state index contributed by atoms with van der Waals surface area (Å²) in [6, 6.07) is 6.48. The van der Waals surface area contributed by atoms with Crippen molar-refractivity contribution >= 4 is 54.7 Å². The first-order valence-corrected chi connectivity index (χ1v) is 15.8. The van der Waals surface area contributed by atoms with Gasteiger partial charge in [0.15, 0.2) is 0 Å². The summed E-state index contributed by atoms with van der Waals surface area (Å²) in [5, 5.41) is 11.0. The summed E-state index contributed by atoms with van der Waals surface area (Å²) in [5.74, 6) is -3.45.